The number of hydrogen-bond acceptors (Lipinski definition) is 3. The third-order valence-electron chi connectivity index (χ3n) is 2.08. The van der Waals surface area contributed by atoms with Crippen molar-refractivity contribution in [3.63, 3.8) is 0 Å². The molecule has 0 aliphatic carbocycles. The number of piperidine rings is 1. The van der Waals surface area contributed by atoms with E-state index in [1.165, 1.54) is 13.5 Å². The van der Waals surface area contributed by atoms with Gasteiger partial charge in [0.2, 0.25) is 0 Å². The first-order valence-corrected chi connectivity index (χ1v) is 4.10. The standard InChI is InChI=1S/C8H15NO2.ClH/c1-11-8(10)5-7-3-2-4-9-6-7;/h7,9H,2-6H2,1H3;1H/t7-;/m0./s1. The minimum atomic E-state index is -0.0845. The molecule has 0 unspecified atom stereocenters. The van der Waals surface area contributed by atoms with Crippen LogP contribution in [0.15, 0.2) is 0 Å². The van der Waals surface area contributed by atoms with E-state index in [2.05, 4.69) is 10.1 Å². The Bertz CT molecular complexity index is 135. The molecule has 0 aromatic heterocycles. The van der Waals surface area contributed by atoms with Crippen molar-refractivity contribution in [1.29, 1.82) is 0 Å². The van der Waals surface area contributed by atoms with Gasteiger partial charge in [0.05, 0.1) is 7.11 Å². The minimum Gasteiger partial charge on any atom is -0.469 e. The van der Waals surface area contributed by atoms with Gasteiger partial charge in [-0.25, -0.2) is 0 Å². The van der Waals surface area contributed by atoms with E-state index >= 15 is 0 Å². The average Bonchev–Trinajstić information content (AvgIpc) is 2.06. The lowest BCUT2D eigenvalue weighted by atomic mass is 9.96. The quantitative estimate of drug-likeness (QED) is 0.665. The molecule has 0 bridgehead atoms. The molecule has 1 aliphatic rings. The largest absolute Gasteiger partial charge is 0.469 e. The molecule has 0 amide bonds. The summed E-state index contributed by atoms with van der Waals surface area (Å²) in [4.78, 5) is 10.8. The first kappa shape index (κ1) is 11.7. The zero-order valence-corrected chi connectivity index (χ0v) is 8.15. The molecule has 1 fully saturated rings. The van der Waals surface area contributed by atoms with Crippen LogP contribution in [0.5, 0.6) is 0 Å². The molecule has 0 saturated carbocycles. The number of hydrogen-bond donors (Lipinski definition) is 1. The molecular formula is C8H16ClNO2. The molecule has 0 aromatic carbocycles. The van der Waals surface area contributed by atoms with E-state index in [1.54, 1.807) is 0 Å². The molecular weight excluding hydrogens is 178 g/mol. The zero-order valence-electron chi connectivity index (χ0n) is 7.34. The van der Waals surface area contributed by atoms with Crippen LogP contribution in [0.4, 0.5) is 0 Å². The zero-order chi connectivity index (χ0) is 8.10. The highest BCUT2D eigenvalue weighted by Crippen LogP contribution is 2.13. The predicted molar refractivity (Wildman–Crippen MR) is 49.5 cm³/mol. The summed E-state index contributed by atoms with van der Waals surface area (Å²) in [5.74, 6) is 0.412. The van der Waals surface area contributed by atoms with Gasteiger partial charge in [-0.3, -0.25) is 4.79 Å². The van der Waals surface area contributed by atoms with E-state index in [0.29, 0.717) is 12.3 Å². The highest BCUT2D eigenvalue weighted by molar-refractivity contribution is 5.85. The third kappa shape index (κ3) is 3.93. The van der Waals surface area contributed by atoms with Crippen LogP contribution in [0, 0.1) is 5.92 Å². The van der Waals surface area contributed by atoms with Gasteiger partial charge in [-0.2, -0.15) is 0 Å². The summed E-state index contributed by atoms with van der Waals surface area (Å²) in [5.41, 5.74) is 0. The van der Waals surface area contributed by atoms with Crippen molar-refractivity contribution in [3.05, 3.63) is 0 Å². The fourth-order valence-electron chi connectivity index (χ4n) is 1.42. The van der Waals surface area contributed by atoms with Crippen LogP contribution >= 0.6 is 12.4 Å². The minimum absolute atomic E-state index is 0. The van der Waals surface area contributed by atoms with Gasteiger partial charge in [-0.05, 0) is 31.8 Å². The van der Waals surface area contributed by atoms with E-state index in [4.69, 9.17) is 0 Å². The Kier molecular flexibility index (Phi) is 6.11. The van der Waals surface area contributed by atoms with Crippen molar-refractivity contribution >= 4 is 18.4 Å². The molecule has 1 rings (SSSR count). The van der Waals surface area contributed by atoms with Crippen molar-refractivity contribution in [1.82, 2.24) is 5.32 Å². The van der Waals surface area contributed by atoms with Crippen LogP contribution in [-0.2, 0) is 9.53 Å². The molecule has 1 N–H and O–H groups in total. The first-order valence-electron chi connectivity index (χ1n) is 4.10. The lowest BCUT2D eigenvalue weighted by molar-refractivity contribution is -0.141. The SMILES string of the molecule is COC(=O)C[C@@H]1CCCNC1.Cl. The van der Waals surface area contributed by atoms with Crippen molar-refractivity contribution in [3.8, 4) is 0 Å². The molecule has 72 valence electrons. The molecule has 1 heterocycles. The maximum Gasteiger partial charge on any atom is 0.305 e. The van der Waals surface area contributed by atoms with Gasteiger partial charge in [0.25, 0.3) is 0 Å². The van der Waals surface area contributed by atoms with Crippen LogP contribution in [0.2, 0.25) is 0 Å². The fourth-order valence-corrected chi connectivity index (χ4v) is 1.42. The number of rotatable bonds is 2. The van der Waals surface area contributed by atoms with E-state index < -0.39 is 0 Å². The summed E-state index contributed by atoms with van der Waals surface area (Å²) in [6.45, 7) is 2.06. The Morgan fingerprint density at radius 2 is 2.42 bits per heavy atom. The van der Waals surface area contributed by atoms with Crippen molar-refractivity contribution < 1.29 is 9.53 Å². The van der Waals surface area contributed by atoms with Gasteiger partial charge in [0.1, 0.15) is 0 Å². The third-order valence-corrected chi connectivity index (χ3v) is 2.08. The second-order valence-electron chi connectivity index (χ2n) is 2.99. The monoisotopic (exact) mass is 193 g/mol. The van der Waals surface area contributed by atoms with Gasteiger partial charge in [0.15, 0.2) is 0 Å². The van der Waals surface area contributed by atoms with Gasteiger partial charge >= 0.3 is 5.97 Å². The van der Waals surface area contributed by atoms with Gasteiger partial charge < -0.3 is 10.1 Å². The van der Waals surface area contributed by atoms with E-state index in [9.17, 15) is 4.79 Å². The van der Waals surface area contributed by atoms with Gasteiger partial charge in [-0.15, -0.1) is 12.4 Å². The first-order chi connectivity index (χ1) is 5.33. The van der Waals surface area contributed by atoms with Crippen LogP contribution in [0.3, 0.4) is 0 Å². The second kappa shape index (κ2) is 6.26. The van der Waals surface area contributed by atoms with Crippen LogP contribution in [-0.4, -0.2) is 26.2 Å². The maximum absolute atomic E-state index is 10.8. The average molecular weight is 194 g/mol. The normalized spacial score (nSPS) is 22.6. The van der Waals surface area contributed by atoms with Crippen LogP contribution < -0.4 is 5.32 Å². The molecule has 12 heavy (non-hydrogen) atoms. The Hall–Kier alpha value is -0.280. The predicted octanol–water partition coefficient (Wildman–Crippen LogP) is 0.971. The number of nitrogens with one attached hydrogen (secondary N) is 1. The number of esters is 1. The lowest BCUT2D eigenvalue weighted by Crippen LogP contribution is -2.31. The summed E-state index contributed by atoms with van der Waals surface area (Å²) in [6, 6.07) is 0. The van der Waals surface area contributed by atoms with Gasteiger partial charge in [0, 0.05) is 6.42 Å². The van der Waals surface area contributed by atoms with Crippen molar-refractivity contribution in [2.24, 2.45) is 5.92 Å². The highest BCUT2D eigenvalue weighted by Gasteiger charge is 2.16. The molecule has 1 saturated heterocycles. The molecule has 1 aliphatic heterocycles. The highest BCUT2D eigenvalue weighted by atomic mass is 35.5. The summed E-state index contributed by atoms with van der Waals surface area (Å²) >= 11 is 0. The van der Waals surface area contributed by atoms with E-state index in [-0.39, 0.29) is 18.4 Å². The maximum atomic E-state index is 10.8. The Morgan fingerprint density at radius 3 is 2.92 bits per heavy atom. The van der Waals surface area contributed by atoms with Gasteiger partial charge in [-0.1, -0.05) is 0 Å². The molecule has 1 atom stereocenters. The summed E-state index contributed by atoms with van der Waals surface area (Å²) < 4.78 is 4.59. The lowest BCUT2D eigenvalue weighted by Gasteiger charge is -2.21. The fraction of sp³-hybridized carbons (Fsp3) is 0.875. The summed E-state index contributed by atoms with van der Waals surface area (Å²) in [5, 5.41) is 3.26. The molecule has 0 radical (unpaired) electrons. The Morgan fingerprint density at radius 1 is 1.67 bits per heavy atom. The Labute approximate surface area is 79.3 Å². The van der Waals surface area contributed by atoms with Crippen LogP contribution in [0.1, 0.15) is 19.3 Å². The van der Waals surface area contributed by atoms with E-state index in [1.807, 2.05) is 0 Å². The van der Waals surface area contributed by atoms with E-state index in [0.717, 1.165) is 19.5 Å². The number of halogens is 1. The Balaban J connectivity index is 0.00000121. The van der Waals surface area contributed by atoms with Crippen molar-refractivity contribution in [2.45, 2.75) is 19.3 Å². The molecule has 4 heteroatoms. The summed E-state index contributed by atoms with van der Waals surface area (Å²) in [7, 11) is 1.44. The molecule has 0 aromatic rings. The summed E-state index contributed by atoms with van der Waals surface area (Å²) in [6.07, 6.45) is 2.91. The molecule has 3 nitrogen and oxygen atoms in total. The van der Waals surface area contributed by atoms with Crippen LogP contribution in [0.25, 0.3) is 0 Å². The number of ether oxygens (including phenoxy) is 1. The van der Waals surface area contributed by atoms with Crippen molar-refractivity contribution in [2.75, 3.05) is 20.2 Å². The number of methoxy groups -OCH3 is 1. The smallest absolute Gasteiger partial charge is 0.305 e. The number of carbonyl (C=O) groups excluding carboxylic acids is 1. The second-order valence-corrected chi connectivity index (χ2v) is 2.99. The molecule has 0 spiro atoms. The number of carbonyl (C=O) groups is 1. The topological polar surface area (TPSA) is 38.3 Å².